The molecule has 0 aliphatic heterocycles. The molecular formula is C23H19N3O. The zero-order valence-corrected chi connectivity index (χ0v) is 14.7. The molecule has 0 radical (unpaired) electrons. The first-order valence-electron chi connectivity index (χ1n) is 8.78. The molecule has 0 unspecified atom stereocenters. The fourth-order valence-electron chi connectivity index (χ4n) is 2.69. The Morgan fingerprint density at radius 1 is 0.815 bits per heavy atom. The highest BCUT2D eigenvalue weighted by molar-refractivity contribution is 5.81. The van der Waals surface area contributed by atoms with E-state index in [-0.39, 0.29) is 0 Å². The summed E-state index contributed by atoms with van der Waals surface area (Å²) in [6, 6.07) is 29.9. The molecule has 0 fully saturated rings. The van der Waals surface area contributed by atoms with E-state index in [0.29, 0.717) is 12.4 Å². The van der Waals surface area contributed by atoms with Crippen molar-refractivity contribution < 1.29 is 4.74 Å². The quantitative estimate of drug-likeness (QED) is 0.380. The van der Waals surface area contributed by atoms with Crippen molar-refractivity contribution in [3.63, 3.8) is 0 Å². The molecule has 1 aromatic heterocycles. The van der Waals surface area contributed by atoms with Gasteiger partial charge >= 0.3 is 0 Å². The molecule has 4 aromatic rings. The van der Waals surface area contributed by atoms with Crippen LogP contribution in [-0.4, -0.2) is 11.2 Å². The van der Waals surface area contributed by atoms with E-state index in [9.17, 15) is 0 Å². The molecular weight excluding hydrogens is 334 g/mol. The smallest absolute Gasteiger partial charge is 0.146 e. The molecule has 0 amide bonds. The van der Waals surface area contributed by atoms with Gasteiger partial charge in [0.25, 0.3) is 0 Å². The highest BCUT2D eigenvalue weighted by Crippen LogP contribution is 2.15. The van der Waals surface area contributed by atoms with Gasteiger partial charge in [0.2, 0.25) is 0 Å². The van der Waals surface area contributed by atoms with E-state index in [2.05, 4.69) is 15.5 Å². The summed E-state index contributed by atoms with van der Waals surface area (Å²) in [7, 11) is 0. The van der Waals surface area contributed by atoms with Gasteiger partial charge in [0, 0.05) is 5.39 Å². The highest BCUT2D eigenvalue weighted by Gasteiger charge is 1.97. The second-order valence-electron chi connectivity index (χ2n) is 6.10. The van der Waals surface area contributed by atoms with Crippen LogP contribution in [-0.2, 0) is 6.61 Å². The number of anilines is 1. The molecule has 0 aliphatic carbocycles. The van der Waals surface area contributed by atoms with Crippen molar-refractivity contribution in [3.8, 4) is 5.75 Å². The third kappa shape index (κ3) is 4.50. The number of benzene rings is 3. The van der Waals surface area contributed by atoms with E-state index in [1.807, 2.05) is 91.0 Å². The molecule has 0 aliphatic rings. The first kappa shape index (κ1) is 16.8. The summed E-state index contributed by atoms with van der Waals surface area (Å²) in [5.41, 5.74) is 6.05. The van der Waals surface area contributed by atoms with Crippen molar-refractivity contribution in [2.24, 2.45) is 5.10 Å². The highest BCUT2D eigenvalue weighted by atomic mass is 16.5. The van der Waals surface area contributed by atoms with Gasteiger partial charge in [-0.15, -0.1) is 0 Å². The number of nitrogens with one attached hydrogen (secondary N) is 1. The van der Waals surface area contributed by atoms with E-state index < -0.39 is 0 Å². The van der Waals surface area contributed by atoms with Crippen molar-refractivity contribution in [2.45, 2.75) is 6.61 Å². The standard InChI is InChI=1S/C23H19N3O/c1-2-6-19(7-3-1)17-27-21-13-10-18(11-14-21)16-24-26-23-15-12-20-8-4-5-9-22(20)25-23/h1-16H,17H2,(H,25,26)/b24-16+. The molecule has 4 nitrogen and oxygen atoms in total. The van der Waals surface area contributed by atoms with E-state index in [1.165, 1.54) is 0 Å². The maximum absolute atomic E-state index is 5.79. The Hall–Kier alpha value is -3.66. The maximum Gasteiger partial charge on any atom is 0.146 e. The first-order chi connectivity index (χ1) is 13.4. The van der Waals surface area contributed by atoms with Gasteiger partial charge in [-0.2, -0.15) is 5.10 Å². The van der Waals surface area contributed by atoms with Crippen LogP contribution >= 0.6 is 0 Å². The van der Waals surface area contributed by atoms with Crippen LogP contribution in [0.4, 0.5) is 5.82 Å². The Labute approximate surface area is 158 Å². The van der Waals surface area contributed by atoms with Crippen LogP contribution < -0.4 is 10.2 Å². The lowest BCUT2D eigenvalue weighted by atomic mass is 10.2. The number of rotatable bonds is 6. The average molecular weight is 353 g/mol. The maximum atomic E-state index is 5.79. The van der Waals surface area contributed by atoms with Crippen molar-refractivity contribution in [1.29, 1.82) is 0 Å². The predicted molar refractivity (Wildman–Crippen MR) is 110 cm³/mol. The molecule has 1 heterocycles. The van der Waals surface area contributed by atoms with Crippen LogP contribution in [0.5, 0.6) is 5.75 Å². The van der Waals surface area contributed by atoms with Crippen LogP contribution in [0.25, 0.3) is 10.9 Å². The third-order valence-corrected chi connectivity index (χ3v) is 4.12. The molecule has 0 atom stereocenters. The lowest BCUT2D eigenvalue weighted by Gasteiger charge is -2.06. The Morgan fingerprint density at radius 2 is 1.59 bits per heavy atom. The van der Waals surface area contributed by atoms with Crippen molar-refractivity contribution in [1.82, 2.24) is 4.98 Å². The zero-order valence-electron chi connectivity index (χ0n) is 14.7. The van der Waals surface area contributed by atoms with Gasteiger partial charge in [-0.25, -0.2) is 4.98 Å². The zero-order chi connectivity index (χ0) is 18.3. The van der Waals surface area contributed by atoms with E-state index in [1.54, 1.807) is 6.21 Å². The van der Waals surface area contributed by atoms with E-state index in [0.717, 1.165) is 27.8 Å². The molecule has 1 N–H and O–H groups in total. The SMILES string of the molecule is C(=N\Nc1ccc2ccccc2n1)/c1ccc(OCc2ccccc2)cc1. The predicted octanol–water partition coefficient (Wildman–Crippen LogP) is 5.26. The number of para-hydroxylation sites is 1. The van der Waals surface area contributed by atoms with Crippen LogP contribution in [0.2, 0.25) is 0 Å². The molecule has 27 heavy (non-hydrogen) atoms. The van der Waals surface area contributed by atoms with Gasteiger partial charge in [-0.1, -0.05) is 48.5 Å². The van der Waals surface area contributed by atoms with Gasteiger partial charge in [0.15, 0.2) is 0 Å². The summed E-state index contributed by atoms with van der Waals surface area (Å²) in [5, 5.41) is 5.37. The van der Waals surface area contributed by atoms with Crippen LogP contribution in [0.3, 0.4) is 0 Å². The number of hydrogen-bond acceptors (Lipinski definition) is 4. The van der Waals surface area contributed by atoms with Gasteiger partial charge < -0.3 is 4.74 Å². The molecule has 0 bridgehead atoms. The number of ether oxygens (including phenoxy) is 1. The summed E-state index contributed by atoms with van der Waals surface area (Å²) >= 11 is 0. The first-order valence-corrected chi connectivity index (χ1v) is 8.78. The number of hydrazone groups is 1. The van der Waals surface area contributed by atoms with E-state index >= 15 is 0 Å². The van der Waals surface area contributed by atoms with Gasteiger partial charge in [-0.05, 0) is 53.6 Å². The Kier molecular flexibility index (Phi) is 5.07. The number of nitrogens with zero attached hydrogens (tertiary/aromatic N) is 2. The van der Waals surface area contributed by atoms with Crippen molar-refractivity contribution >= 4 is 22.9 Å². The van der Waals surface area contributed by atoms with Crippen molar-refractivity contribution in [2.75, 3.05) is 5.43 Å². The molecule has 3 aromatic carbocycles. The fourth-order valence-corrected chi connectivity index (χ4v) is 2.69. The Bertz CT molecular complexity index is 1040. The second-order valence-corrected chi connectivity index (χ2v) is 6.10. The number of aromatic nitrogens is 1. The molecule has 132 valence electrons. The van der Waals surface area contributed by atoms with Crippen LogP contribution in [0.1, 0.15) is 11.1 Å². The summed E-state index contributed by atoms with van der Waals surface area (Å²) in [4.78, 5) is 4.53. The molecule has 0 saturated carbocycles. The van der Waals surface area contributed by atoms with Crippen LogP contribution in [0, 0.1) is 0 Å². The summed E-state index contributed by atoms with van der Waals surface area (Å²) in [6.45, 7) is 0.559. The van der Waals surface area contributed by atoms with Gasteiger partial charge in [-0.3, -0.25) is 5.43 Å². The summed E-state index contributed by atoms with van der Waals surface area (Å²) in [6.07, 6.45) is 1.76. The number of hydrogen-bond donors (Lipinski definition) is 1. The largest absolute Gasteiger partial charge is 0.489 e. The summed E-state index contributed by atoms with van der Waals surface area (Å²) in [5.74, 6) is 1.55. The minimum absolute atomic E-state index is 0.559. The van der Waals surface area contributed by atoms with Crippen molar-refractivity contribution in [3.05, 3.63) is 102 Å². The topological polar surface area (TPSA) is 46.5 Å². The average Bonchev–Trinajstić information content (AvgIpc) is 2.74. The Balaban J connectivity index is 1.34. The lowest BCUT2D eigenvalue weighted by molar-refractivity contribution is 0.306. The monoisotopic (exact) mass is 353 g/mol. The fraction of sp³-hybridized carbons (Fsp3) is 0.0435. The second kappa shape index (κ2) is 8.15. The Morgan fingerprint density at radius 3 is 2.44 bits per heavy atom. The minimum Gasteiger partial charge on any atom is -0.489 e. The lowest BCUT2D eigenvalue weighted by Crippen LogP contribution is -1.96. The number of fused-ring (bicyclic) bond motifs is 1. The normalized spacial score (nSPS) is 11.0. The molecule has 0 spiro atoms. The third-order valence-electron chi connectivity index (χ3n) is 4.12. The minimum atomic E-state index is 0.559. The van der Waals surface area contributed by atoms with Gasteiger partial charge in [0.05, 0.1) is 11.7 Å². The van der Waals surface area contributed by atoms with Crippen LogP contribution in [0.15, 0.2) is 96.1 Å². The molecule has 0 saturated heterocycles. The summed E-state index contributed by atoms with van der Waals surface area (Å²) < 4.78 is 5.79. The van der Waals surface area contributed by atoms with E-state index in [4.69, 9.17) is 4.74 Å². The number of pyridine rings is 1. The molecule has 4 rings (SSSR count). The van der Waals surface area contributed by atoms with Gasteiger partial charge in [0.1, 0.15) is 18.2 Å². The molecule has 4 heteroatoms.